The zero-order chi connectivity index (χ0) is 8.77. The Labute approximate surface area is 75.3 Å². The Balaban J connectivity index is 2.10. The van der Waals surface area contributed by atoms with E-state index in [1.807, 2.05) is 0 Å². The van der Waals surface area contributed by atoms with Crippen LogP contribution in [0.25, 0.3) is 0 Å². The summed E-state index contributed by atoms with van der Waals surface area (Å²) < 4.78 is 0. The lowest BCUT2D eigenvalue weighted by atomic mass is 9.82. The smallest absolute Gasteiger partial charge is 0.0171 e. The Hall–Kier alpha value is -0.0800. The van der Waals surface area contributed by atoms with Crippen LogP contribution in [0.5, 0.6) is 0 Å². The van der Waals surface area contributed by atoms with Crippen LogP contribution in [0.2, 0.25) is 0 Å². The fourth-order valence-electron chi connectivity index (χ4n) is 3.12. The van der Waals surface area contributed by atoms with E-state index in [1.165, 1.54) is 25.9 Å². The van der Waals surface area contributed by atoms with Crippen molar-refractivity contribution < 1.29 is 0 Å². The van der Waals surface area contributed by atoms with Crippen LogP contribution < -0.4 is 5.32 Å². The van der Waals surface area contributed by atoms with Crippen molar-refractivity contribution in [2.24, 2.45) is 11.3 Å². The molecule has 1 heterocycles. The number of rotatable bonds is 1. The summed E-state index contributed by atoms with van der Waals surface area (Å²) >= 11 is 0. The van der Waals surface area contributed by atoms with E-state index in [1.54, 1.807) is 0 Å². The molecule has 0 amide bonds. The van der Waals surface area contributed by atoms with Gasteiger partial charge in [-0.15, -0.1) is 0 Å². The van der Waals surface area contributed by atoms with Crippen molar-refractivity contribution in [3.63, 3.8) is 0 Å². The van der Waals surface area contributed by atoms with E-state index < -0.39 is 0 Å². The lowest BCUT2D eigenvalue weighted by Crippen LogP contribution is -2.53. The molecule has 1 spiro atoms. The number of hydrogen-bond donors (Lipinski definition) is 1. The molecule has 0 aromatic carbocycles. The molecule has 70 valence electrons. The highest BCUT2D eigenvalue weighted by molar-refractivity contribution is 5.07. The molecular weight excluding hydrogens is 148 g/mol. The van der Waals surface area contributed by atoms with E-state index in [0.717, 1.165) is 12.0 Å². The van der Waals surface area contributed by atoms with Crippen molar-refractivity contribution in [2.75, 3.05) is 27.2 Å². The molecule has 2 rings (SSSR count). The first-order valence-electron chi connectivity index (χ1n) is 5.04. The molecular formula is C10H20N2. The van der Waals surface area contributed by atoms with Gasteiger partial charge >= 0.3 is 0 Å². The molecule has 0 aromatic heterocycles. The van der Waals surface area contributed by atoms with Crippen molar-refractivity contribution in [1.82, 2.24) is 10.2 Å². The maximum Gasteiger partial charge on any atom is 0.0171 e. The summed E-state index contributed by atoms with van der Waals surface area (Å²) in [6.45, 7) is 4.94. The summed E-state index contributed by atoms with van der Waals surface area (Å²) in [5.74, 6) is 0.816. The molecule has 2 unspecified atom stereocenters. The van der Waals surface area contributed by atoms with Crippen molar-refractivity contribution in [3.8, 4) is 0 Å². The zero-order valence-corrected chi connectivity index (χ0v) is 8.43. The second kappa shape index (κ2) is 2.71. The molecule has 2 heteroatoms. The van der Waals surface area contributed by atoms with Crippen molar-refractivity contribution in [2.45, 2.75) is 25.8 Å². The van der Waals surface area contributed by atoms with Crippen LogP contribution in [0.1, 0.15) is 19.8 Å². The molecule has 1 aliphatic carbocycles. The predicted octanol–water partition coefficient (Wildman–Crippen LogP) is 0.936. The summed E-state index contributed by atoms with van der Waals surface area (Å²) in [4.78, 5) is 2.49. The van der Waals surface area contributed by atoms with Crippen LogP contribution in [0, 0.1) is 11.3 Å². The first-order chi connectivity index (χ1) is 5.68. The summed E-state index contributed by atoms with van der Waals surface area (Å²) in [6.07, 6.45) is 2.88. The van der Waals surface area contributed by atoms with Crippen LogP contribution in [-0.2, 0) is 0 Å². The number of hydrogen-bond acceptors (Lipinski definition) is 2. The van der Waals surface area contributed by atoms with Gasteiger partial charge in [0, 0.05) is 19.1 Å². The quantitative estimate of drug-likeness (QED) is 0.627. The van der Waals surface area contributed by atoms with E-state index in [4.69, 9.17) is 0 Å². The minimum absolute atomic E-state index is 0.654. The van der Waals surface area contributed by atoms with Crippen molar-refractivity contribution in [3.05, 3.63) is 0 Å². The maximum atomic E-state index is 3.50. The maximum absolute atomic E-state index is 3.50. The Kier molecular flexibility index (Phi) is 1.92. The Bertz CT molecular complexity index is 175. The predicted molar refractivity (Wildman–Crippen MR) is 51.2 cm³/mol. The molecule has 1 aliphatic heterocycles. The second-order valence-corrected chi connectivity index (χ2v) is 4.80. The Morgan fingerprint density at radius 3 is 2.58 bits per heavy atom. The first kappa shape index (κ1) is 8.52. The van der Waals surface area contributed by atoms with Gasteiger partial charge < -0.3 is 10.2 Å². The Morgan fingerprint density at radius 1 is 1.42 bits per heavy atom. The van der Waals surface area contributed by atoms with Gasteiger partial charge in [-0.1, -0.05) is 6.92 Å². The van der Waals surface area contributed by atoms with Crippen molar-refractivity contribution in [1.29, 1.82) is 0 Å². The summed E-state index contributed by atoms with van der Waals surface area (Å²) in [7, 11) is 4.37. The lowest BCUT2D eigenvalue weighted by molar-refractivity contribution is 0.102. The van der Waals surface area contributed by atoms with Gasteiger partial charge in [-0.25, -0.2) is 0 Å². The molecule has 1 saturated carbocycles. The van der Waals surface area contributed by atoms with Gasteiger partial charge in [-0.3, -0.25) is 0 Å². The fourth-order valence-corrected chi connectivity index (χ4v) is 3.12. The zero-order valence-electron chi connectivity index (χ0n) is 8.43. The fraction of sp³-hybridized carbons (Fsp3) is 1.00. The van der Waals surface area contributed by atoms with Gasteiger partial charge in [0.25, 0.3) is 0 Å². The van der Waals surface area contributed by atoms with Gasteiger partial charge in [0.2, 0.25) is 0 Å². The van der Waals surface area contributed by atoms with Crippen LogP contribution >= 0.6 is 0 Å². The Morgan fingerprint density at radius 2 is 2.08 bits per heavy atom. The number of piperidine rings is 1. The summed E-state index contributed by atoms with van der Waals surface area (Å²) in [5.41, 5.74) is 0.654. The number of nitrogens with zero attached hydrogens (tertiary/aromatic N) is 1. The molecule has 1 N–H and O–H groups in total. The average molecular weight is 168 g/mol. The van der Waals surface area contributed by atoms with E-state index in [9.17, 15) is 0 Å². The molecule has 12 heavy (non-hydrogen) atoms. The number of nitrogens with one attached hydrogen (secondary N) is 1. The molecule has 1 saturated heterocycles. The lowest BCUT2D eigenvalue weighted by Gasteiger charge is -2.41. The highest BCUT2D eigenvalue weighted by Gasteiger charge is 2.53. The molecule has 2 atom stereocenters. The monoisotopic (exact) mass is 168 g/mol. The minimum Gasteiger partial charge on any atom is -0.316 e. The highest BCUT2D eigenvalue weighted by Crippen LogP contribution is 2.53. The summed E-state index contributed by atoms with van der Waals surface area (Å²) in [6, 6.07) is 0.772. The highest BCUT2D eigenvalue weighted by atomic mass is 15.2. The van der Waals surface area contributed by atoms with Crippen LogP contribution in [-0.4, -0.2) is 38.1 Å². The minimum atomic E-state index is 0.654. The van der Waals surface area contributed by atoms with Gasteiger partial charge in [0.15, 0.2) is 0 Å². The number of likely N-dealkylation sites (tertiary alicyclic amines) is 1. The standard InChI is InChI=1S/C10H20N2/c1-8-6-12(3)7-10(4-5-10)9(8)11-2/h8-9,11H,4-7H2,1-3H3. The SMILES string of the molecule is CNC1C(C)CN(C)CC12CC2. The van der Waals surface area contributed by atoms with E-state index in [0.29, 0.717) is 5.41 Å². The molecule has 0 bridgehead atoms. The van der Waals surface area contributed by atoms with Crippen LogP contribution in [0.4, 0.5) is 0 Å². The third-order valence-electron chi connectivity index (χ3n) is 3.62. The van der Waals surface area contributed by atoms with Gasteiger partial charge in [0.1, 0.15) is 0 Å². The van der Waals surface area contributed by atoms with E-state index in [2.05, 4.69) is 31.2 Å². The largest absolute Gasteiger partial charge is 0.316 e. The van der Waals surface area contributed by atoms with Crippen LogP contribution in [0.3, 0.4) is 0 Å². The molecule has 2 aliphatic rings. The first-order valence-corrected chi connectivity index (χ1v) is 5.04. The molecule has 0 radical (unpaired) electrons. The van der Waals surface area contributed by atoms with Gasteiger partial charge in [0.05, 0.1) is 0 Å². The molecule has 0 aromatic rings. The normalized spacial score (nSPS) is 40.2. The van der Waals surface area contributed by atoms with E-state index in [-0.39, 0.29) is 0 Å². The summed E-state index contributed by atoms with van der Waals surface area (Å²) in [5, 5.41) is 3.50. The second-order valence-electron chi connectivity index (χ2n) is 4.80. The third-order valence-corrected chi connectivity index (χ3v) is 3.62. The van der Waals surface area contributed by atoms with Gasteiger partial charge in [-0.05, 0) is 38.3 Å². The molecule has 2 fully saturated rings. The third kappa shape index (κ3) is 1.17. The van der Waals surface area contributed by atoms with Crippen LogP contribution in [0.15, 0.2) is 0 Å². The van der Waals surface area contributed by atoms with Gasteiger partial charge in [-0.2, -0.15) is 0 Å². The molecule has 2 nitrogen and oxygen atoms in total. The topological polar surface area (TPSA) is 15.3 Å². The van der Waals surface area contributed by atoms with Crippen molar-refractivity contribution >= 4 is 0 Å². The van der Waals surface area contributed by atoms with E-state index >= 15 is 0 Å². The average Bonchev–Trinajstić information content (AvgIpc) is 2.68.